The van der Waals surface area contributed by atoms with Gasteiger partial charge in [-0.2, -0.15) is 0 Å². The molecule has 0 aliphatic heterocycles. The molecular formula is C15H22N2O4. The summed E-state index contributed by atoms with van der Waals surface area (Å²) < 4.78 is 0. The Morgan fingerprint density at radius 2 is 1.57 bits per heavy atom. The van der Waals surface area contributed by atoms with Crippen LogP contribution in [0.5, 0.6) is 0 Å². The van der Waals surface area contributed by atoms with E-state index in [9.17, 15) is 19.5 Å². The molecule has 0 spiro atoms. The Hall–Kier alpha value is -1.85. The number of aliphatic carboxylic acids is 1. The first-order chi connectivity index (χ1) is 9.99. The van der Waals surface area contributed by atoms with Gasteiger partial charge in [0.2, 0.25) is 11.8 Å². The number of carbonyl (C=O) groups is 3. The lowest BCUT2D eigenvalue weighted by atomic mass is 9.81. The molecule has 2 unspecified atom stereocenters. The van der Waals surface area contributed by atoms with Crippen LogP contribution in [0.25, 0.3) is 0 Å². The van der Waals surface area contributed by atoms with Gasteiger partial charge in [0.1, 0.15) is 0 Å². The molecule has 2 rings (SSSR count). The molecular weight excluding hydrogens is 272 g/mol. The highest BCUT2D eigenvalue weighted by Gasteiger charge is 2.35. The quantitative estimate of drug-likeness (QED) is 0.666. The van der Waals surface area contributed by atoms with Crippen molar-refractivity contribution in [2.45, 2.75) is 44.6 Å². The lowest BCUT2D eigenvalue weighted by Gasteiger charge is -2.30. The van der Waals surface area contributed by atoms with E-state index in [1.807, 2.05) is 12.2 Å². The number of hydrogen-bond acceptors (Lipinski definition) is 3. The van der Waals surface area contributed by atoms with Gasteiger partial charge in [-0.25, -0.2) is 0 Å². The van der Waals surface area contributed by atoms with Crippen LogP contribution in [0.15, 0.2) is 12.2 Å². The van der Waals surface area contributed by atoms with Crippen LogP contribution in [-0.4, -0.2) is 28.9 Å². The average molecular weight is 294 g/mol. The Morgan fingerprint density at radius 3 is 2.10 bits per heavy atom. The molecule has 2 atom stereocenters. The molecule has 2 amide bonds. The predicted octanol–water partition coefficient (Wildman–Crippen LogP) is 0.814. The van der Waals surface area contributed by atoms with E-state index in [1.165, 1.54) is 0 Å². The smallest absolute Gasteiger partial charge is 0.307 e. The van der Waals surface area contributed by atoms with E-state index < -0.39 is 17.8 Å². The van der Waals surface area contributed by atoms with Gasteiger partial charge in [0, 0.05) is 12.0 Å². The summed E-state index contributed by atoms with van der Waals surface area (Å²) in [4.78, 5) is 34.6. The molecule has 21 heavy (non-hydrogen) atoms. The Kier molecular flexibility index (Phi) is 4.98. The Balaban J connectivity index is 1.88. The van der Waals surface area contributed by atoms with Gasteiger partial charge in [0.25, 0.3) is 0 Å². The number of primary amides is 1. The number of hydrogen-bond donors (Lipinski definition) is 3. The summed E-state index contributed by atoms with van der Waals surface area (Å²) in [6.45, 7) is 0. The van der Waals surface area contributed by atoms with E-state index in [0.717, 1.165) is 12.8 Å². The lowest BCUT2D eigenvalue weighted by molar-refractivity contribution is -0.147. The lowest BCUT2D eigenvalue weighted by Crippen LogP contribution is -2.45. The van der Waals surface area contributed by atoms with Crippen molar-refractivity contribution in [3.05, 3.63) is 12.2 Å². The maximum absolute atomic E-state index is 12.3. The van der Waals surface area contributed by atoms with Crippen molar-refractivity contribution in [1.82, 2.24) is 5.32 Å². The highest BCUT2D eigenvalue weighted by atomic mass is 16.4. The second kappa shape index (κ2) is 6.74. The zero-order chi connectivity index (χ0) is 15.4. The SMILES string of the molecule is NC(=O)C1CCC(NC(=O)C2CC=CCC2C(=O)O)CC1. The number of carboxylic acid groups (broad SMARTS) is 1. The number of nitrogens with two attached hydrogens (primary N) is 1. The van der Waals surface area contributed by atoms with E-state index in [1.54, 1.807) is 0 Å². The molecule has 116 valence electrons. The summed E-state index contributed by atoms with van der Waals surface area (Å²) in [6.07, 6.45) is 7.38. The van der Waals surface area contributed by atoms with Gasteiger partial charge in [0.15, 0.2) is 0 Å². The van der Waals surface area contributed by atoms with E-state index in [4.69, 9.17) is 5.73 Å². The molecule has 1 fully saturated rings. The van der Waals surface area contributed by atoms with E-state index in [2.05, 4.69) is 5.32 Å². The number of rotatable bonds is 4. The van der Waals surface area contributed by atoms with Gasteiger partial charge in [-0.3, -0.25) is 14.4 Å². The molecule has 6 heteroatoms. The van der Waals surface area contributed by atoms with Crippen molar-refractivity contribution in [2.75, 3.05) is 0 Å². The second-order valence-corrected chi connectivity index (χ2v) is 5.95. The van der Waals surface area contributed by atoms with Crippen LogP contribution >= 0.6 is 0 Å². The molecule has 2 aliphatic rings. The third-order valence-corrected chi connectivity index (χ3v) is 4.56. The summed E-state index contributed by atoms with van der Waals surface area (Å²) in [5.74, 6) is -2.62. The first-order valence-electron chi connectivity index (χ1n) is 7.46. The first-order valence-corrected chi connectivity index (χ1v) is 7.46. The fraction of sp³-hybridized carbons (Fsp3) is 0.667. The first kappa shape index (κ1) is 15.5. The fourth-order valence-electron chi connectivity index (χ4n) is 3.21. The number of allylic oxidation sites excluding steroid dienone is 2. The minimum atomic E-state index is -0.920. The number of nitrogens with one attached hydrogen (secondary N) is 1. The molecule has 0 bridgehead atoms. The third kappa shape index (κ3) is 3.83. The molecule has 4 N–H and O–H groups in total. The van der Waals surface area contributed by atoms with Gasteiger partial charge in [0.05, 0.1) is 11.8 Å². The topological polar surface area (TPSA) is 109 Å². The number of carboxylic acids is 1. The molecule has 0 aromatic carbocycles. The van der Waals surface area contributed by atoms with Crippen molar-refractivity contribution in [1.29, 1.82) is 0 Å². The fourth-order valence-corrected chi connectivity index (χ4v) is 3.21. The van der Waals surface area contributed by atoms with Crippen LogP contribution in [-0.2, 0) is 14.4 Å². The summed E-state index contributed by atoms with van der Waals surface area (Å²) >= 11 is 0. The van der Waals surface area contributed by atoms with Crippen LogP contribution < -0.4 is 11.1 Å². The maximum Gasteiger partial charge on any atom is 0.307 e. The normalized spacial score (nSPS) is 32.4. The van der Waals surface area contributed by atoms with Crippen LogP contribution in [0.2, 0.25) is 0 Å². The third-order valence-electron chi connectivity index (χ3n) is 4.56. The summed E-state index contributed by atoms with van der Waals surface area (Å²) in [7, 11) is 0. The van der Waals surface area contributed by atoms with Gasteiger partial charge in [-0.05, 0) is 38.5 Å². The highest BCUT2D eigenvalue weighted by molar-refractivity contribution is 5.85. The Morgan fingerprint density at radius 1 is 1.00 bits per heavy atom. The van der Waals surface area contributed by atoms with Crippen molar-refractivity contribution in [3.63, 3.8) is 0 Å². The van der Waals surface area contributed by atoms with Gasteiger partial charge >= 0.3 is 5.97 Å². The van der Waals surface area contributed by atoms with Crippen LogP contribution in [0.1, 0.15) is 38.5 Å². The van der Waals surface area contributed by atoms with Crippen LogP contribution in [0.4, 0.5) is 0 Å². The largest absolute Gasteiger partial charge is 0.481 e. The minimum Gasteiger partial charge on any atom is -0.481 e. The Labute approximate surface area is 123 Å². The van der Waals surface area contributed by atoms with Crippen molar-refractivity contribution in [2.24, 2.45) is 23.5 Å². The molecule has 0 radical (unpaired) electrons. The van der Waals surface area contributed by atoms with Crippen LogP contribution in [0, 0.1) is 17.8 Å². The maximum atomic E-state index is 12.3. The predicted molar refractivity (Wildman–Crippen MR) is 76.1 cm³/mol. The molecule has 0 aromatic rings. The summed E-state index contributed by atoms with van der Waals surface area (Å²) in [6, 6.07) is 0.0217. The molecule has 0 aromatic heterocycles. The highest BCUT2D eigenvalue weighted by Crippen LogP contribution is 2.28. The molecule has 1 saturated carbocycles. The summed E-state index contributed by atoms with van der Waals surface area (Å²) in [5, 5.41) is 12.1. The van der Waals surface area contributed by atoms with E-state index in [-0.39, 0.29) is 23.8 Å². The van der Waals surface area contributed by atoms with Crippen molar-refractivity contribution in [3.8, 4) is 0 Å². The van der Waals surface area contributed by atoms with Crippen LogP contribution in [0.3, 0.4) is 0 Å². The van der Waals surface area contributed by atoms with E-state index in [0.29, 0.717) is 25.7 Å². The van der Waals surface area contributed by atoms with Crippen molar-refractivity contribution < 1.29 is 19.5 Å². The zero-order valence-electron chi connectivity index (χ0n) is 12.0. The monoisotopic (exact) mass is 294 g/mol. The van der Waals surface area contributed by atoms with Crippen molar-refractivity contribution >= 4 is 17.8 Å². The Bertz CT molecular complexity index is 453. The van der Waals surface area contributed by atoms with Gasteiger partial charge in [-0.15, -0.1) is 0 Å². The molecule has 0 saturated heterocycles. The van der Waals surface area contributed by atoms with Gasteiger partial charge in [-0.1, -0.05) is 12.2 Å². The van der Waals surface area contributed by atoms with Gasteiger partial charge < -0.3 is 16.2 Å². The number of carbonyl (C=O) groups excluding carboxylic acids is 2. The van der Waals surface area contributed by atoms with E-state index >= 15 is 0 Å². The molecule has 2 aliphatic carbocycles. The molecule has 6 nitrogen and oxygen atoms in total. The standard InChI is InChI=1S/C15H22N2O4/c16-13(18)9-5-7-10(8-6-9)17-14(19)11-3-1-2-4-12(11)15(20)21/h1-2,9-12H,3-8H2,(H2,16,18)(H,17,19)(H,20,21). The number of amides is 2. The summed E-state index contributed by atoms with van der Waals surface area (Å²) in [5.41, 5.74) is 5.28. The minimum absolute atomic E-state index is 0.0217. The second-order valence-electron chi connectivity index (χ2n) is 5.95. The zero-order valence-corrected chi connectivity index (χ0v) is 12.0. The average Bonchev–Trinajstić information content (AvgIpc) is 2.47. The molecule has 0 heterocycles.